The normalized spacial score (nSPS) is 26.7. The molecule has 2 fully saturated rings. The van der Waals surface area contributed by atoms with Crippen molar-refractivity contribution in [1.29, 1.82) is 0 Å². The lowest BCUT2D eigenvalue weighted by molar-refractivity contribution is -0.119. The van der Waals surface area contributed by atoms with Crippen LogP contribution in [0.3, 0.4) is 0 Å². The number of aromatic nitrogens is 2. The van der Waals surface area contributed by atoms with E-state index in [1.54, 1.807) is 6.20 Å². The molecule has 1 aliphatic carbocycles. The number of ether oxygens (including phenoxy) is 2. The Morgan fingerprint density at radius 3 is 2.96 bits per heavy atom. The van der Waals surface area contributed by atoms with Crippen LogP contribution in [-0.2, 0) is 22.6 Å². The van der Waals surface area contributed by atoms with E-state index in [1.807, 2.05) is 32.0 Å². The maximum absolute atomic E-state index is 6.14. The van der Waals surface area contributed by atoms with Crippen LogP contribution in [0.1, 0.15) is 35.6 Å². The molecule has 2 aromatic heterocycles. The molecule has 2 aromatic rings. The standard InChI is InChI=1S/C19H25N3O3/c1-13-16(14(2)25-21-13)11-22-9-10-23-19-17(22)6-7-18(19)24-12-15-5-3-4-8-20-15/h3-5,8,17-19H,6-7,9-12H2,1-2H3/t17-,18+,19+/m0/s1. The molecular weight excluding hydrogens is 318 g/mol. The van der Waals surface area contributed by atoms with Crippen LogP contribution >= 0.6 is 0 Å². The Balaban J connectivity index is 1.40. The predicted molar refractivity (Wildman–Crippen MR) is 92.0 cm³/mol. The number of rotatable bonds is 5. The summed E-state index contributed by atoms with van der Waals surface area (Å²) >= 11 is 0. The van der Waals surface area contributed by atoms with Crippen molar-refractivity contribution in [2.45, 2.75) is 58.1 Å². The Hall–Kier alpha value is -1.76. The van der Waals surface area contributed by atoms with E-state index in [0.29, 0.717) is 12.6 Å². The van der Waals surface area contributed by atoms with Gasteiger partial charge in [-0.15, -0.1) is 0 Å². The van der Waals surface area contributed by atoms with Gasteiger partial charge in [0.2, 0.25) is 0 Å². The van der Waals surface area contributed by atoms with Crippen LogP contribution in [0.5, 0.6) is 0 Å². The molecule has 1 saturated heterocycles. The lowest BCUT2D eigenvalue weighted by Crippen LogP contribution is -2.51. The summed E-state index contributed by atoms with van der Waals surface area (Å²) in [7, 11) is 0. The Kier molecular flexibility index (Phi) is 4.83. The number of fused-ring (bicyclic) bond motifs is 1. The van der Waals surface area contributed by atoms with Crippen molar-refractivity contribution in [1.82, 2.24) is 15.0 Å². The first-order chi connectivity index (χ1) is 12.2. The molecule has 25 heavy (non-hydrogen) atoms. The summed E-state index contributed by atoms with van der Waals surface area (Å²) in [6.07, 6.45) is 4.21. The molecule has 0 N–H and O–H groups in total. The number of hydrogen-bond acceptors (Lipinski definition) is 6. The summed E-state index contributed by atoms with van der Waals surface area (Å²) < 4.78 is 17.5. The van der Waals surface area contributed by atoms with Gasteiger partial charge in [0.05, 0.1) is 36.8 Å². The van der Waals surface area contributed by atoms with Crippen molar-refractivity contribution in [2.75, 3.05) is 13.2 Å². The SMILES string of the molecule is Cc1noc(C)c1CN1CCO[C@H]2[C@H](OCc3ccccn3)CC[C@@H]21. The van der Waals surface area contributed by atoms with Gasteiger partial charge in [0.1, 0.15) is 5.76 Å². The molecule has 0 aromatic carbocycles. The second-order valence-electron chi connectivity index (χ2n) is 6.92. The van der Waals surface area contributed by atoms with Gasteiger partial charge < -0.3 is 14.0 Å². The maximum atomic E-state index is 6.14. The van der Waals surface area contributed by atoms with Crippen molar-refractivity contribution in [2.24, 2.45) is 0 Å². The molecule has 6 nitrogen and oxygen atoms in total. The maximum Gasteiger partial charge on any atom is 0.138 e. The lowest BCUT2D eigenvalue weighted by Gasteiger charge is -2.39. The van der Waals surface area contributed by atoms with Gasteiger partial charge in [0.25, 0.3) is 0 Å². The molecule has 1 aliphatic heterocycles. The zero-order valence-electron chi connectivity index (χ0n) is 14.9. The third kappa shape index (κ3) is 3.47. The first-order valence-corrected chi connectivity index (χ1v) is 9.01. The molecule has 6 heteroatoms. The van der Waals surface area contributed by atoms with E-state index in [-0.39, 0.29) is 12.2 Å². The van der Waals surface area contributed by atoms with Crippen molar-refractivity contribution < 1.29 is 14.0 Å². The lowest BCUT2D eigenvalue weighted by atomic mass is 10.1. The molecular formula is C19H25N3O3. The van der Waals surface area contributed by atoms with Crippen LogP contribution in [0.4, 0.5) is 0 Å². The zero-order chi connectivity index (χ0) is 17.2. The van der Waals surface area contributed by atoms with Crippen LogP contribution in [0.15, 0.2) is 28.9 Å². The molecule has 0 amide bonds. The molecule has 3 atom stereocenters. The average Bonchev–Trinajstić information content (AvgIpc) is 3.20. The largest absolute Gasteiger partial charge is 0.373 e. The number of nitrogens with zero attached hydrogens (tertiary/aromatic N) is 3. The van der Waals surface area contributed by atoms with Crippen LogP contribution in [0.2, 0.25) is 0 Å². The minimum absolute atomic E-state index is 0.137. The van der Waals surface area contributed by atoms with Crippen LogP contribution in [-0.4, -0.2) is 46.4 Å². The minimum Gasteiger partial charge on any atom is -0.373 e. The van der Waals surface area contributed by atoms with Gasteiger partial charge >= 0.3 is 0 Å². The van der Waals surface area contributed by atoms with Gasteiger partial charge in [-0.3, -0.25) is 9.88 Å². The molecule has 1 saturated carbocycles. The second kappa shape index (κ2) is 7.23. The third-order valence-corrected chi connectivity index (χ3v) is 5.36. The highest BCUT2D eigenvalue weighted by atomic mass is 16.5. The molecule has 0 bridgehead atoms. The molecule has 134 valence electrons. The summed E-state index contributed by atoms with van der Waals surface area (Å²) in [6, 6.07) is 6.31. The Morgan fingerprint density at radius 2 is 2.20 bits per heavy atom. The van der Waals surface area contributed by atoms with Crippen LogP contribution in [0, 0.1) is 13.8 Å². The highest BCUT2D eigenvalue weighted by Gasteiger charge is 2.43. The van der Waals surface area contributed by atoms with Crippen LogP contribution < -0.4 is 0 Å². The first-order valence-electron chi connectivity index (χ1n) is 9.01. The third-order valence-electron chi connectivity index (χ3n) is 5.36. The van der Waals surface area contributed by atoms with Crippen molar-refractivity contribution in [3.8, 4) is 0 Å². The van der Waals surface area contributed by atoms with Gasteiger partial charge in [0.15, 0.2) is 0 Å². The highest BCUT2D eigenvalue weighted by molar-refractivity contribution is 5.21. The number of pyridine rings is 1. The Labute approximate surface area is 148 Å². The summed E-state index contributed by atoms with van der Waals surface area (Å²) in [5, 5.41) is 4.08. The van der Waals surface area contributed by atoms with Crippen molar-refractivity contribution >= 4 is 0 Å². The van der Waals surface area contributed by atoms with Crippen molar-refractivity contribution in [3.63, 3.8) is 0 Å². The van der Waals surface area contributed by atoms with E-state index >= 15 is 0 Å². The monoisotopic (exact) mass is 343 g/mol. The summed E-state index contributed by atoms with van der Waals surface area (Å²) in [4.78, 5) is 6.84. The van der Waals surface area contributed by atoms with Gasteiger partial charge in [-0.1, -0.05) is 11.2 Å². The van der Waals surface area contributed by atoms with E-state index in [2.05, 4.69) is 15.0 Å². The molecule has 0 unspecified atom stereocenters. The van der Waals surface area contributed by atoms with Gasteiger partial charge in [-0.25, -0.2) is 0 Å². The molecule has 2 aliphatic rings. The molecule has 3 heterocycles. The van der Waals surface area contributed by atoms with Crippen LogP contribution in [0.25, 0.3) is 0 Å². The van der Waals surface area contributed by atoms with Gasteiger partial charge in [-0.05, 0) is 38.8 Å². The van der Waals surface area contributed by atoms with E-state index < -0.39 is 0 Å². The fraction of sp³-hybridized carbons (Fsp3) is 0.579. The van der Waals surface area contributed by atoms with Crippen molar-refractivity contribution in [3.05, 3.63) is 47.1 Å². The summed E-state index contributed by atoms with van der Waals surface area (Å²) in [5.74, 6) is 0.918. The quantitative estimate of drug-likeness (QED) is 0.832. The highest BCUT2D eigenvalue weighted by Crippen LogP contribution is 2.34. The minimum atomic E-state index is 0.137. The predicted octanol–water partition coefficient (Wildman–Crippen LogP) is 2.64. The molecule has 4 rings (SSSR count). The van der Waals surface area contributed by atoms with E-state index in [1.165, 1.54) is 5.56 Å². The fourth-order valence-corrected chi connectivity index (χ4v) is 3.97. The zero-order valence-corrected chi connectivity index (χ0v) is 14.9. The van der Waals surface area contributed by atoms with E-state index in [4.69, 9.17) is 14.0 Å². The average molecular weight is 343 g/mol. The number of aryl methyl sites for hydroxylation is 2. The molecule has 0 spiro atoms. The first kappa shape index (κ1) is 16.7. The van der Waals surface area contributed by atoms with E-state index in [0.717, 1.165) is 49.7 Å². The van der Waals surface area contributed by atoms with Gasteiger partial charge in [0, 0.05) is 30.9 Å². The summed E-state index contributed by atoms with van der Waals surface area (Å²) in [5.41, 5.74) is 3.16. The molecule has 0 radical (unpaired) electrons. The van der Waals surface area contributed by atoms with Gasteiger partial charge in [-0.2, -0.15) is 0 Å². The number of hydrogen-bond donors (Lipinski definition) is 0. The smallest absolute Gasteiger partial charge is 0.138 e. The topological polar surface area (TPSA) is 60.6 Å². The Bertz CT molecular complexity index is 684. The van der Waals surface area contributed by atoms with E-state index in [9.17, 15) is 0 Å². The number of morpholine rings is 1. The fourth-order valence-electron chi connectivity index (χ4n) is 3.97. The second-order valence-corrected chi connectivity index (χ2v) is 6.92. The summed E-state index contributed by atoms with van der Waals surface area (Å²) in [6.45, 7) is 7.10. The Morgan fingerprint density at radius 1 is 1.28 bits per heavy atom.